The molecule has 88 valence electrons. The summed E-state index contributed by atoms with van der Waals surface area (Å²) in [5.74, 6) is 1.10. The van der Waals surface area contributed by atoms with E-state index in [9.17, 15) is 0 Å². The molecule has 0 saturated carbocycles. The Morgan fingerprint density at radius 2 is 2.25 bits per heavy atom. The molecule has 1 aromatic carbocycles. The Labute approximate surface area is 98.2 Å². The number of rotatable bonds is 4. The maximum atomic E-state index is 5.61. The number of ether oxygens (including phenoxy) is 1. The Balaban J connectivity index is 2.00. The van der Waals surface area contributed by atoms with Crippen molar-refractivity contribution in [1.29, 1.82) is 0 Å². The number of fused-ring (bicyclic) bond motifs is 1. The van der Waals surface area contributed by atoms with Gasteiger partial charge >= 0.3 is 0 Å². The smallest absolute Gasteiger partial charge is 0.122 e. The molecule has 0 atom stereocenters. The Morgan fingerprint density at radius 3 is 3.06 bits per heavy atom. The average molecular weight is 219 g/mol. The summed E-state index contributed by atoms with van der Waals surface area (Å²) in [6, 6.07) is 6.65. The van der Waals surface area contributed by atoms with Gasteiger partial charge in [-0.3, -0.25) is 0 Å². The predicted molar refractivity (Wildman–Crippen MR) is 67.1 cm³/mol. The molecular formula is C14H21NO. The minimum absolute atomic E-state index is 0.880. The molecule has 0 bridgehead atoms. The summed E-state index contributed by atoms with van der Waals surface area (Å²) in [5, 5.41) is 0. The highest BCUT2D eigenvalue weighted by atomic mass is 16.5. The van der Waals surface area contributed by atoms with Gasteiger partial charge in [-0.15, -0.1) is 0 Å². The third-order valence-electron chi connectivity index (χ3n) is 3.29. The van der Waals surface area contributed by atoms with E-state index in [-0.39, 0.29) is 0 Å². The van der Waals surface area contributed by atoms with Crippen LogP contribution in [0.25, 0.3) is 0 Å². The number of hydrogen-bond acceptors (Lipinski definition) is 2. The van der Waals surface area contributed by atoms with Crippen LogP contribution in [0.1, 0.15) is 24.5 Å². The van der Waals surface area contributed by atoms with Crippen LogP contribution >= 0.6 is 0 Å². The lowest BCUT2D eigenvalue weighted by Crippen LogP contribution is -2.20. The summed E-state index contributed by atoms with van der Waals surface area (Å²) in [6.07, 6.45) is 3.47. The van der Waals surface area contributed by atoms with Crippen molar-refractivity contribution >= 4 is 0 Å². The van der Waals surface area contributed by atoms with Crippen LogP contribution in [0.5, 0.6) is 5.75 Å². The van der Waals surface area contributed by atoms with Gasteiger partial charge in [0.1, 0.15) is 5.75 Å². The van der Waals surface area contributed by atoms with Crippen LogP contribution < -0.4 is 4.74 Å². The third-order valence-corrected chi connectivity index (χ3v) is 3.29. The number of aryl methyl sites for hydroxylation is 1. The molecule has 16 heavy (non-hydrogen) atoms. The highest BCUT2D eigenvalue weighted by molar-refractivity contribution is 5.38. The zero-order valence-corrected chi connectivity index (χ0v) is 10.3. The van der Waals surface area contributed by atoms with Crippen molar-refractivity contribution in [2.75, 3.05) is 26.7 Å². The van der Waals surface area contributed by atoms with Crippen LogP contribution in [-0.4, -0.2) is 31.6 Å². The molecular weight excluding hydrogens is 198 g/mol. The minimum atomic E-state index is 0.880. The van der Waals surface area contributed by atoms with Gasteiger partial charge < -0.3 is 9.64 Å². The summed E-state index contributed by atoms with van der Waals surface area (Å²) in [7, 11) is 2.17. The first kappa shape index (κ1) is 11.5. The Hall–Kier alpha value is -1.02. The second kappa shape index (κ2) is 5.35. The van der Waals surface area contributed by atoms with Gasteiger partial charge in [0.25, 0.3) is 0 Å². The molecule has 1 aliphatic rings. The van der Waals surface area contributed by atoms with E-state index in [1.807, 2.05) is 0 Å². The van der Waals surface area contributed by atoms with Crippen molar-refractivity contribution in [3.63, 3.8) is 0 Å². The van der Waals surface area contributed by atoms with Crippen LogP contribution in [0.15, 0.2) is 18.2 Å². The lowest BCUT2D eigenvalue weighted by Gasteiger charge is -2.19. The van der Waals surface area contributed by atoms with E-state index in [1.165, 1.54) is 17.5 Å². The molecule has 0 aliphatic carbocycles. The summed E-state index contributed by atoms with van der Waals surface area (Å²) in [4.78, 5) is 2.34. The Bertz CT molecular complexity index is 349. The van der Waals surface area contributed by atoms with Gasteiger partial charge in [-0.1, -0.05) is 19.1 Å². The lowest BCUT2D eigenvalue weighted by molar-refractivity contribution is 0.288. The van der Waals surface area contributed by atoms with Crippen molar-refractivity contribution in [3.8, 4) is 5.75 Å². The first-order chi connectivity index (χ1) is 7.79. The van der Waals surface area contributed by atoms with Crippen LogP contribution in [-0.2, 0) is 12.8 Å². The van der Waals surface area contributed by atoms with Crippen LogP contribution in [0.2, 0.25) is 0 Å². The van der Waals surface area contributed by atoms with Gasteiger partial charge in [-0.2, -0.15) is 0 Å². The zero-order valence-electron chi connectivity index (χ0n) is 10.3. The number of hydrogen-bond donors (Lipinski definition) is 0. The summed E-state index contributed by atoms with van der Waals surface area (Å²) in [5.41, 5.74) is 2.83. The van der Waals surface area contributed by atoms with Crippen LogP contribution in [0, 0.1) is 0 Å². The van der Waals surface area contributed by atoms with Crippen molar-refractivity contribution in [3.05, 3.63) is 29.3 Å². The van der Waals surface area contributed by atoms with E-state index in [1.54, 1.807) is 0 Å². The topological polar surface area (TPSA) is 12.5 Å². The maximum Gasteiger partial charge on any atom is 0.122 e. The minimum Gasteiger partial charge on any atom is -0.493 e. The largest absolute Gasteiger partial charge is 0.493 e. The number of benzene rings is 1. The molecule has 0 unspecified atom stereocenters. The van der Waals surface area contributed by atoms with Crippen molar-refractivity contribution < 1.29 is 4.74 Å². The molecule has 0 spiro atoms. The van der Waals surface area contributed by atoms with E-state index in [4.69, 9.17) is 4.74 Å². The molecule has 0 radical (unpaired) electrons. The third kappa shape index (κ3) is 2.76. The van der Waals surface area contributed by atoms with E-state index >= 15 is 0 Å². The number of likely N-dealkylation sites (N-methyl/N-ethyl adjacent to an activating group) is 1. The molecule has 2 heteroatoms. The standard InChI is InChI=1S/C14H21NO/c1-3-15(2)9-8-12-6-7-14-13(11-12)5-4-10-16-14/h6-7,11H,3-5,8-10H2,1-2H3. The molecule has 2 rings (SSSR count). The summed E-state index contributed by atoms with van der Waals surface area (Å²) in [6.45, 7) is 5.33. The van der Waals surface area contributed by atoms with Gasteiger partial charge in [0.15, 0.2) is 0 Å². The van der Waals surface area contributed by atoms with Crippen molar-refractivity contribution in [2.45, 2.75) is 26.2 Å². The Kier molecular flexibility index (Phi) is 3.83. The highest BCUT2D eigenvalue weighted by Crippen LogP contribution is 2.25. The normalized spacial score (nSPS) is 14.7. The van der Waals surface area contributed by atoms with E-state index < -0.39 is 0 Å². The fourth-order valence-electron chi connectivity index (χ4n) is 2.05. The maximum absolute atomic E-state index is 5.61. The van der Waals surface area contributed by atoms with Crippen LogP contribution in [0.3, 0.4) is 0 Å². The average Bonchev–Trinajstić information content (AvgIpc) is 2.35. The SMILES string of the molecule is CCN(C)CCc1ccc2c(c1)CCCO2. The molecule has 0 N–H and O–H groups in total. The van der Waals surface area contributed by atoms with Crippen molar-refractivity contribution in [2.24, 2.45) is 0 Å². The Morgan fingerprint density at radius 1 is 1.38 bits per heavy atom. The fourth-order valence-corrected chi connectivity index (χ4v) is 2.05. The molecule has 0 fully saturated rings. The molecule has 0 saturated heterocycles. The zero-order chi connectivity index (χ0) is 11.4. The summed E-state index contributed by atoms with van der Waals surface area (Å²) >= 11 is 0. The predicted octanol–water partition coefficient (Wildman–Crippen LogP) is 2.51. The summed E-state index contributed by atoms with van der Waals surface area (Å²) < 4.78 is 5.61. The van der Waals surface area contributed by atoms with E-state index in [2.05, 4.69) is 37.1 Å². The molecule has 1 aliphatic heterocycles. The molecule has 2 nitrogen and oxygen atoms in total. The van der Waals surface area contributed by atoms with E-state index in [0.717, 1.165) is 38.3 Å². The highest BCUT2D eigenvalue weighted by Gasteiger charge is 2.10. The van der Waals surface area contributed by atoms with E-state index in [0.29, 0.717) is 0 Å². The first-order valence-electron chi connectivity index (χ1n) is 6.22. The fraction of sp³-hybridized carbons (Fsp3) is 0.571. The van der Waals surface area contributed by atoms with Gasteiger partial charge in [-0.05, 0) is 50.0 Å². The van der Waals surface area contributed by atoms with Gasteiger partial charge in [0.05, 0.1) is 6.61 Å². The lowest BCUT2D eigenvalue weighted by atomic mass is 10.0. The first-order valence-corrected chi connectivity index (χ1v) is 6.22. The van der Waals surface area contributed by atoms with Gasteiger partial charge in [0.2, 0.25) is 0 Å². The quantitative estimate of drug-likeness (QED) is 0.771. The van der Waals surface area contributed by atoms with Gasteiger partial charge in [-0.25, -0.2) is 0 Å². The second-order valence-corrected chi connectivity index (χ2v) is 4.54. The molecule has 0 amide bonds. The second-order valence-electron chi connectivity index (χ2n) is 4.54. The molecule has 0 aromatic heterocycles. The monoisotopic (exact) mass is 219 g/mol. The van der Waals surface area contributed by atoms with Crippen LogP contribution in [0.4, 0.5) is 0 Å². The number of nitrogens with zero attached hydrogens (tertiary/aromatic N) is 1. The molecule has 1 heterocycles. The van der Waals surface area contributed by atoms with Gasteiger partial charge in [0, 0.05) is 6.54 Å². The van der Waals surface area contributed by atoms with Crippen molar-refractivity contribution in [1.82, 2.24) is 4.90 Å². The molecule has 1 aromatic rings.